The van der Waals surface area contributed by atoms with E-state index < -0.39 is 0 Å². The second-order valence-electron chi connectivity index (χ2n) is 13.3. The Morgan fingerprint density at radius 3 is 0.590 bits per heavy atom. The molecule has 39 heavy (non-hydrogen) atoms. The molecule has 0 aromatic carbocycles. The predicted octanol–water partition coefficient (Wildman–Crippen LogP) is 14.0. The summed E-state index contributed by atoms with van der Waals surface area (Å²) in [5.41, 5.74) is 6.40. The summed E-state index contributed by atoms with van der Waals surface area (Å²) in [5, 5.41) is 0. The van der Waals surface area contributed by atoms with Crippen LogP contribution in [0, 0.1) is 0 Å². The van der Waals surface area contributed by atoms with Crippen molar-refractivity contribution >= 4 is 0 Å². The highest BCUT2D eigenvalue weighted by Gasteiger charge is 2.03. The van der Waals surface area contributed by atoms with Gasteiger partial charge in [0.05, 0.1) is 0 Å². The van der Waals surface area contributed by atoms with E-state index in [2.05, 4.69) is 13.8 Å². The van der Waals surface area contributed by atoms with Crippen LogP contribution in [0.15, 0.2) is 0 Å². The van der Waals surface area contributed by atoms with Crippen LogP contribution >= 0.6 is 0 Å². The van der Waals surface area contributed by atoms with E-state index in [-0.39, 0.29) is 0 Å². The third kappa shape index (κ3) is 35.9. The minimum atomic E-state index is 0.466. The van der Waals surface area contributed by atoms with Crippen molar-refractivity contribution in [3.05, 3.63) is 0 Å². The largest absolute Gasteiger partial charge is 0.328 e. The molecular formula is C38H79N. The van der Waals surface area contributed by atoms with E-state index in [4.69, 9.17) is 5.73 Å². The molecule has 0 aliphatic rings. The number of hydrogen-bond acceptors (Lipinski definition) is 1. The predicted molar refractivity (Wildman–Crippen MR) is 181 cm³/mol. The van der Waals surface area contributed by atoms with Crippen molar-refractivity contribution in [3.63, 3.8) is 0 Å². The number of rotatable bonds is 35. The van der Waals surface area contributed by atoms with Gasteiger partial charge in [-0.05, 0) is 12.8 Å². The van der Waals surface area contributed by atoms with Crippen LogP contribution in [-0.4, -0.2) is 6.04 Å². The molecule has 0 radical (unpaired) electrons. The Morgan fingerprint density at radius 1 is 0.256 bits per heavy atom. The maximum Gasteiger partial charge on any atom is 0.00388 e. The number of hydrogen-bond donors (Lipinski definition) is 1. The fourth-order valence-electron chi connectivity index (χ4n) is 6.23. The van der Waals surface area contributed by atoms with Gasteiger partial charge in [0, 0.05) is 6.04 Å². The first-order chi connectivity index (χ1) is 19.3. The molecule has 0 amide bonds. The van der Waals surface area contributed by atoms with Crippen LogP contribution in [-0.2, 0) is 0 Å². The van der Waals surface area contributed by atoms with Crippen molar-refractivity contribution in [2.75, 3.05) is 0 Å². The highest BCUT2D eigenvalue weighted by Crippen LogP contribution is 2.17. The quantitative estimate of drug-likeness (QED) is 0.0781. The van der Waals surface area contributed by atoms with Crippen LogP contribution < -0.4 is 5.73 Å². The molecule has 0 rings (SSSR count). The normalized spacial score (nSPS) is 12.4. The van der Waals surface area contributed by atoms with Gasteiger partial charge in [-0.3, -0.25) is 0 Å². The second kappa shape index (κ2) is 36.0. The van der Waals surface area contributed by atoms with Gasteiger partial charge in [0.1, 0.15) is 0 Å². The van der Waals surface area contributed by atoms with Gasteiger partial charge in [-0.15, -0.1) is 0 Å². The SMILES string of the molecule is CCCCCCCCCCCCCCCCCCCC(N)CCCCCCCCCCCCCCCCCC. The van der Waals surface area contributed by atoms with E-state index in [9.17, 15) is 0 Å². The molecule has 1 unspecified atom stereocenters. The zero-order valence-corrected chi connectivity index (χ0v) is 27.9. The lowest BCUT2D eigenvalue weighted by atomic mass is 10.00. The Labute approximate surface area is 250 Å². The van der Waals surface area contributed by atoms with Gasteiger partial charge in [-0.1, -0.05) is 226 Å². The summed E-state index contributed by atoms with van der Waals surface area (Å²) in [6, 6.07) is 0.466. The van der Waals surface area contributed by atoms with Crippen LogP contribution in [0.5, 0.6) is 0 Å². The third-order valence-corrected chi connectivity index (χ3v) is 9.11. The zero-order chi connectivity index (χ0) is 28.3. The molecule has 1 nitrogen and oxygen atoms in total. The van der Waals surface area contributed by atoms with Crippen molar-refractivity contribution in [2.45, 2.75) is 245 Å². The highest BCUT2D eigenvalue weighted by atomic mass is 14.6. The Hall–Kier alpha value is -0.0400. The average Bonchev–Trinajstić information content (AvgIpc) is 2.94. The Bertz CT molecular complexity index is 406. The van der Waals surface area contributed by atoms with E-state index in [0.29, 0.717) is 6.04 Å². The van der Waals surface area contributed by atoms with Crippen LogP contribution in [0.2, 0.25) is 0 Å². The van der Waals surface area contributed by atoms with Crippen LogP contribution in [0.3, 0.4) is 0 Å². The topological polar surface area (TPSA) is 26.0 Å². The molecule has 0 saturated heterocycles. The minimum absolute atomic E-state index is 0.466. The summed E-state index contributed by atoms with van der Waals surface area (Å²) in [5.74, 6) is 0. The van der Waals surface area contributed by atoms with Crippen molar-refractivity contribution in [3.8, 4) is 0 Å². The first kappa shape index (κ1) is 39.0. The summed E-state index contributed by atoms with van der Waals surface area (Å²) in [6.45, 7) is 4.61. The Kier molecular flexibility index (Phi) is 35.9. The maximum absolute atomic E-state index is 6.40. The van der Waals surface area contributed by atoms with Crippen LogP contribution in [0.25, 0.3) is 0 Å². The number of nitrogens with two attached hydrogens (primary N) is 1. The fraction of sp³-hybridized carbons (Fsp3) is 1.00. The monoisotopic (exact) mass is 550 g/mol. The molecule has 0 heterocycles. The molecule has 2 N–H and O–H groups in total. The Morgan fingerprint density at radius 2 is 0.410 bits per heavy atom. The van der Waals surface area contributed by atoms with Gasteiger partial charge in [0.15, 0.2) is 0 Å². The van der Waals surface area contributed by atoms with Gasteiger partial charge >= 0.3 is 0 Å². The van der Waals surface area contributed by atoms with Gasteiger partial charge in [-0.2, -0.15) is 0 Å². The van der Waals surface area contributed by atoms with Crippen molar-refractivity contribution in [1.82, 2.24) is 0 Å². The van der Waals surface area contributed by atoms with E-state index >= 15 is 0 Å². The standard InChI is InChI=1S/C38H79N/c1-3-5-7-9-11-13-15-17-19-21-23-25-27-29-31-33-35-37-38(39)36-34-32-30-28-26-24-22-20-18-16-14-12-10-8-6-4-2/h38H,3-37,39H2,1-2H3. The lowest BCUT2D eigenvalue weighted by molar-refractivity contribution is 0.477. The van der Waals surface area contributed by atoms with Gasteiger partial charge in [0.25, 0.3) is 0 Å². The average molecular weight is 550 g/mol. The van der Waals surface area contributed by atoms with E-state index in [0.717, 1.165) is 0 Å². The third-order valence-electron chi connectivity index (χ3n) is 9.11. The smallest absolute Gasteiger partial charge is 0.00388 e. The van der Waals surface area contributed by atoms with Crippen molar-refractivity contribution in [1.29, 1.82) is 0 Å². The van der Waals surface area contributed by atoms with E-state index in [1.165, 1.54) is 225 Å². The molecule has 0 aliphatic carbocycles. The summed E-state index contributed by atoms with van der Waals surface area (Å²) in [7, 11) is 0. The summed E-state index contributed by atoms with van der Waals surface area (Å²) in [6.07, 6.45) is 50.4. The lowest BCUT2D eigenvalue weighted by Gasteiger charge is -2.11. The summed E-state index contributed by atoms with van der Waals surface area (Å²) < 4.78 is 0. The fourth-order valence-corrected chi connectivity index (χ4v) is 6.23. The molecule has 0 aliphatic heterocycles. The van der Waals surface area contributed by atoms with Gasteiger partial charge < -0.3 is 5.73 Å². The molecule has 0 bridgehead atoms. The highest BCUT2D eigenvalue weighted by molar-refractivity contribution is 4.62. The van der Waals surface area contributed by atoms with E-state index in [1.807, 2.05) is 0 Å². The lowest BCUT2D eigenvalue weighted by Crippen LogP contribution is -2.19. The summed E-state index contributed by atoms with van der Waals surface area (Å²) >= 11 is 0. The molecule has 1 heteroatoms. The van der Waals surface area contributed by atoms with Gasteiger partial charge in [0.2, 0.25) is 0 Å². The van der Waals surface area contributed by atoms with Crippen molar-refractivity contribution < 1.29 is 0 Å². The first-order valence-corrected chi connectivity index (χ1v) is 19.1. The zero-order valence-electron chi connectivity index (χ0n) is 27.9. The first-order valence-electron chi connectivity index (χ1n) is 19.1. The molecule has 0 aromatic rings. The van der Waals surface area contributed by atoms with Gasteiger partial charge in [-0.25, -0.2) is 0 Å². The maximum atomic E-state index is 6.40. The molecule has 1 atom stereocenters. The molecular weight excluding hydrogens is 470 g/mol. The summed E-state index contributed by atoms with van der Waals surface area (Å²) in [4.78, 5) is 0. The molecule has 0 aromatic heterocycles. The Balaban J connectivity index is 3.13. The van der Waals surface area contributed by atoms with Crippen LogP contribution in [0.4, 0.5) is 0 Å². The van der Waals surface area contributed by atoms with Crippen molar-refractivity contribution in [2.24, 2.45) is 5.73 Å². The molecule has 0 saturated carbocycles. The molecule has 0 spiro atoms. The molecule has 236 valence electrons. The second-order valence-corrected chi connectivity index (χ2v) is 13.3. The number of unbranched alkanes of at least 4 members (excludes halogenated alkanes) is 31. The van der Waals surface area contributed by atoms with E-state index in [1.54, 1.807) is 0 Å². The molecule has 0 fully saturated rings. The minimum Gasteiger partial charge on any atom is -0.328 e. The van der Waals surface area contributed by atoms with Crippen LogP contribution in [0.1, 0.15) is 239 Å².